The van der Waals surface area contributed by atoms with Gasteiger partial charge in [0.15, 0.2) is 0 Å². The first kappa shape index (κ1) is 11.1. The van der Waals surface area contributed by atoms with E-state index in [1.165, 1.54) is 11.3 Å². The van der Waals surface area contributed by atoms with Gasteiger partial charge in [0.2, 0.25) is 11.8 Å². The number of hydrogen-bond acceptors (Lipinski definition) is 4. The number of piperazine rings is 1. The van der Waals surface area contributed by atoms with Gasteiger partial charge in [0, 0.05) is 11.1 Å². The Morgan fingerprint density at radius 2 is 2.44 bits per heavy atom. The van der Waals surface area contributed by atoms with Gasteiger partial charge in [-0.2, -0.15) is 0 Å². The molecule has 2 rings (SSSR count). The SMILES string of the molecule is CCC1NC(=O)CN(Cc2cncs2)C1=O. The molecule has 2 amide bonds. The zero-order chi connectivity index (χ0) is 11.5. The Morgan fingerprint density at radius 1 is 1.62 bits per heavy atom. The van der Waals surface area contributed by atoms with Crippen molar-refractivity contribution in [2.24, 2.45) is 0 Å². The third-order valence-electron chi connectivity index (χ3n) is 2.52. The zero-order valence-corrected chi connectivity index (χ0v) is 9.79. The number of thiazole rings is 1. The van der Waals surface area contributed by atoms with Crippen LogP contribution in [0.4, 0.5) is 0 Å². The summed E-state index contributed by atoms with van der Waals surface area (Å²) in [6, 6.07) is -0.367. The monoisotopic (exact) mass is 239 g/mol. The molecule has 5 nitrogen and oxygen atoms in total. The standard InChI is InChI=1S/C10H13N3O2S/c1-2-8-10(15)13(5-9(14)12-8)4-7-3-11-6-16-7/h3,6,8H,2,4-5H2,1H3,(H,12,14). The topological polar surface area (TPSA) is 62.3 Å². The number of carbonyl (C=O) groups is 2. The van der Waals surface area contributed by atoms with E-state index in [1.54, 1.807) is 16.6 Å². The van der Waals surface area contributed by atoms with Crippen molar-refractivity contribution in [3.05, 3.63) is 16.6 Å². The summed E-state index contributed by atoms with van der Waals surface area (Å²) >= 11 is 1.49. The lowest BCUT2D eigenvalue weighted by Crippen LogP contribution is -2.57. The van der Waals surface area contributed by atoms with Crippen LogP contribution in [0.3, 0.4) is 0 Å². The number of nitrogens with one attached hydrogen (secondary N) is 1. The quantitative estimate of drug-likeness (QED) is 0.829. The third-order valence-corrected chi connectivity index (χ3v) is 3.28. The minimum atomic E-state index is -0.367. The molecular formula is C10H13N3O2S. The lowest BCUT2D eigenvalue weighted by atomic mass is 10.1. The molecule has 1 atom stereocenters. The maximum atomic E-state index is 11.9. The average Bonchev–Trinajstić information content (AvgIpc) is 2.75. The molecule has 16 heavy (non-hydrogen) atoms. The molecule has 0 aliphatic carbocycles. The average molecular weight is 239 g/mol. The maximum Gasteiger partial charge on any atom is 0.245 e. The van der Waals surface area contributed by atoms with Gasteiger partial charge in [-0.05, 0) is 6.42 Å². The maximum absolute atomic E-state index is 11.9. The first-order chi connectivity index (χ1) is 7.70. The van der Waals surface area contributed by atoms with Gasteiger partial charge in [0.05, 0.1) is 18.6 Å². The fraction of sp³-hybridized carbons (Fsp3) is 0.500. The van der Waals surface area contributed by atoms with Crippen LogP contribution >= 0.6 is 11.3 Å². The summed E-state index contributed by atoms with van der Waals surface area (Å²) in [6.07, 6.45) is 2.36. The molecule has 1 aliphatic rings. The minimum Gasteiger partial charge on any atom is -0.343 e. The number of rotatable bonds is 3. The van der Waals surface area contributed by atoms with E-state index < -0.39 is 0 Å². The smallest absolute Gasteiger partial charge is 0.245 e. The van der Waals surface area contributed by atoms with E-state index in [9.17, 15) is 9.59 Å². The van der Waals surface area contributed by atoms with Gasteiger partial charge >= 0.3 is 0 Å². The van der Waals surface area contributed by atoms with Crippen LogP contribution in [-0.2, 0) is 16.1 Å². The second-order valence-corrected chi connectivity index (χ2v) is 4.66. The Kier molecular flexibility index (Phi) is 3.19. The number of aromatic nitrogens is 1. The Labute approximate surface area is 97.5 Å². The van der Waals surface area contributed by atoms with Crippen LogP contribution in [0.25, 0.3) is 0 Å². The highest BCUT2D eigenvalue weighted by atomic mass is 32.1. The van der Waals surface area contributed by atoms with Gasteiger partial charge < -0.3 is 10.2 Å². The second-order valence-electron chi connectivity index (χ2n) is 3.69. The molecule has 1 aromatic rings. The predicted molar refractivity (Wildman–Crippen MR) is 59.8 cm³/mol. The lowest BCUT2D eigenvalue weighted by Gasteiger charge is -2.31. The summed E-state index contributed by atoms with van der Waals surface area (Å²) in [7, 11) is 0. The number of hydrogen-bond donors (Lipinski definition) is 1. The molecular weight excluding hydrogens is 226 g/mol. The van der Waals surface area contributed by atoms with E-state index >= 15 is 0 Å². The van der Waals surface area contributed by atoms with Gasteiger partial charge in [0.1, 0.15) is 6.04 Å². The van der Waals surface area contributed by atoms with Crippen molar-refractivity contribution in [3.63, 3.8) is 0 Å². The van der Waals surface area contributed by atoms with E-state index in [0.717, 1.165) is 4.88 Å². The molecule has 6 heteroatoms. The highest BCUT2D eigenvalue weighted by molar-refractivity contribution is 7.09. The fourth-order valence-corrected chi connectivity index (χ4v) is 2.30. The summed E-state index contributed by atoms with van der Waals surface area (Å²) in [6.45, 7) is 2.51. The zero-order valence-electron chi connectivity index (χ0n) is 8.97. The van der Waals surface area contributed by atoms with Crippen LogP contribution in [0.15, 0.2) is 11.7 Å². The van der Waals surface area contributed by atoms with Crippen LogP contribution in [-0.4, -0.2) is 34.3 Å². The Balaban J connectivity index is 2.08. The fourth-order valence-electron chi connectivity index (χ4n) is 1.69. The van der Waals surface area contributed by atoms with Crippen molar-refractivity contribution < 1.29 is 9.59 Å². The molecule has 1 saturated heterocycles. The van der Waals surface area contributed by atoms with Gasteiger partial charge in [-0.3, -0.25) is 14.6 Å². The summed E-state index contributed by atoms with van der Waals surface area (Å²) in [5, 5.41) is 2.68. The minimum absolute atomic E-state index is 0.00417. The van der Waals surface area contributed by atoms with Crippen molar-refractivity contribution in [3.8, 4) is 0 Å². The Bertz CT molecular complexity index is 391. The molecule has 0 radical (unpaired) electrons. The second kappa shape index (κ2) is 4.61. The summed E-state index contributed by atoms with van der Waals surface area (Å²) in [5.41, 5.74) is 1.72. The van der Waals surface area contributed by atoms with Crippen molar-refractivity contribution in [1.29, 1.82) is 0 Å². The molecule has 1 N–H and O–H groups in total. The number of nitrogens with zero attached hydrogens (tertiary/aromatic N) is 2. The molecule has 1 fully saturated rings. The Morgan fingerprint density at radius 3 is 3.06 bits per heavy atom. The first-order valence-electron chi connectivity index (χ1n) is 5.16. The van der Waals surface area contributed by atoms with E-state index in [1.807, 2.05) is 6.92 Å². The molecule has 0 aromatic carbocycles. The van der Waals surface area contributed by atoms with Gasteiger partial charge in [-0.25, -0.2) is 0 Å². The van der Waals surface area contributed by atoms with Crippen LogP contribution in [0.5, 0.6) is 0 Å². The summed E-state index contributed by atoms with van der Waals surface area (Å²) in [5.74, 6) is -0.0912. The van der Waals surface area contributed by atoms with E-state index in [0.29, 0.717) is 13.0 Å². The number of amides is 2. The molecule has 2 heterocycles. The summed E-state index contributed by atoms with van der Waals surface area (Å²) in [4.78, 5) is 29.9. The highest BCUT2D eigenvalue weighted by Gasteiger charge is 2.31. The van der Waals surface area contributed by atoms with Crippen LogP contribution in [0.2, 0.25) is 0 Å². The van der Waals surface area contributed by atoms with Crippen molar-refractivity contribution in [1.82, 2.24) is 15.2 Å². The molecule has 86 valence electrons. The summed E-state index contributed by atoms with van der Waals surface area (Å²) < 4.78 is 0. The molecule has 1 unspecified atom stereocenters. The molecule has 0 bridgehead atoms. The van der Waals surface area contributed by atoms with Gasteiger partial charge in [0.25, 0.3) is 0 Å². The third kappa shape index (κ3) is 2.21. The van der Waals surface area contributed by atoms with Crippen molar-refractivity contribution in [2.75, 3.05) is 6.54 Å². The largest absolute Gasteiger partial charge is 0.343 e. The van der Waals surface area contributed by atoms with Gasteiger partial charge in [-0.15, -0.1) is 11.3 Å². The normalized spacial score (nSPS) is 21.1. The van der Waals surface area contributed by atoms with Crippen LogP contribution < -0.4 is 5.32 Å². The van der Waals surface area contributed by atoms with Crippen LogP contribution in [0, 0.1) is 0 Å². The van der Waals surface area contributed by atoms with Crippen molar-refractivity contribution in [2.45, 2.75) is 25.9 Å². The Hall–Kier alpha value is -1.43. The molecule has 1 aromatic heterocycles. The molecule has 1 aliphatic heterocycles. The van der Waals surface area contributed by atoms with E-state index in [2.05, 4.69) is 10.3 Å². The van der Waals surface area contributed by atoms with Crippen LogP contribution in [0.1, 0.15) is 18.2 Å². The first-order valence-corrected chi connectivity index (χ1v) is 6.04. The number of carbonyl (C=O) groups excluding carboxylic acids is 2. The van der Waals surface area contributed by atoms with Gasteiger partial charge in [-0.1, -0.05) is 6.92 Å². The lowest BCUT2D eigenvalue weighted by molar-refractivity contribution is -0.144. The van der Waals surface area contributed by atoms with Crippen molar-refractivity contribution >= 4 is 23.2 Å². The highest BCUT2D eigenvalue weighted by Crippen LogP contribution is 2.13. The van der Waals surface area contributed by atoms with E-state index in [4.69, 9.17) is 0 Å². The van der Waals surface area contributed by atoms with E-state index in [-0.39, 0.29) is 24.4 Å². The molecule has 0 saturated carbocycles. The molecule has 0 spiro atoms. The predicted octanol–water partition coefficient (Wildman–Crippen LogP) is 0.380.